The summed E-state index contributed by atoms with van der Waals surface area (Å²) in [5, 5.41) is 3.02. The van der Waals surface area contributed by atoms with Crippen molar-refractivity contribution in [3.05, 3.63) is 53.5 Å². The Morgan fingerprint density at radius 1 is 1.28 bits per heavy atom. The van der Waals surface area contributed by atoms with Gasteiger partial charge in [-0.1, -0.05) is 12.1 Å². The number of hydrogen-bond acceptors (Lipinski definition) is 3. The predicted octanol–water partition coefficient (Wildman–Crippen LogP) is 3.04. The topological polar surface area (TPSA) is 34.1 Å². The van der Waals surface area contributed by atoms with E-state index >= 15 is 0 Å². The molecule has 2 aromatic rings. The molecule has 18 heavy (non-hydrogen) atoms. The third-order valence-electron chi connectivity index (χ3n) is 2.50. The Labute approximate surface area is 106 Å². The van der Waals surface area contributed by atoms with E-state index in [0.717, 1.165) is 11.3 Å². The number of hydrogen-bond donors (Lipinski definition) is 1. The summed E-state index contributed by atoms with van der Waals surface area (Å²) in [6, 6.07) is 9.98. The van der Waals surface area contributed by atoms with E-state index < -0.39 is 0 Å². The average Bonchev–Trinajstić information content (AvgIpc) is 2.35. The van der Waals surface area contributed by atoms with Crippen molar-refractivity contribution in [1.29, 1.82) is 0 Å². The highest BCUT2D eigenvalue weighted by molar-refractivity contribution is 5.35. The first kappa shape index (κ1) is 12.5. The van der Waals surface area contributed by atoms with Crippen molar-refractivity contribution >= 4 is 0 Å². The molecule has 94 valence electrons. The third-order valence-corrected chi connectivity index (χ3v) is 2.50. The van der Waals surface area contributed by atoms with Gasteiger partial charge in [-0.2, -0.15) is 0 Å². The molecule has 0 unspecified atom stereocenters. The van der Waals surface area contributed by atoms with Gasteiger partial charge in [0.25, 0.3) is 0 Å². The van der Waals surface area contributed by atoms with Gasteiger partial charge in [-0.25, -0.2) is 9.37 Å². The number of rotatable bonds is 4. The fourth-order valence-corrected chi connectivity index (χ4v) is 1.59. The van der Waals surface area contributed by atoms with Crippen LogP contribution in [0.25, 0.3) is 0 Å². The third kappa shape index (κ3) is 3.05. The van der Waals surface area contributed by atoms with Crippen LogP contribution < -0.4 is 10.1 Å². The summed E-state index contributed by atoms with van der Waals surface area (Å²) in [6.07, 6.45) is 0. The summed E-state index contributed by atoms with van der Waals surface area (Å²) in [5.41, 5.74) is 1.75. The normalized spacial score (nSPS) is 10.4. The minimum absolute atomic E-state index is 0.318. The van der Waals surface area contributed by atoms with Crippen molar-refractivity contribution in [3.8, 4) is 11.6 Å². The fraction of sp³-hybridized carbons (Fsp3) is 0.214. The lowest BCUT2D eigenvalue weighted by Gasteiger charge is -2.09. The first-order valence-corrected chi connectivity index (χ1v) is 5.73. The highest BCUT2D eigenvalue weighted by atomic mass is 19.1. The van der Waals surface area contributed by atoms with Gasteiger partial charge in [-0.3, -0.25) is 0 Å². The molecule has 0 aliphatic carbocycles. The molecule has 1 N–H and O–H groups in total. The van der Waals surface area contributed by atoms with Crippen molar-refractivity contribution in [1.82, 2.24) is 10.3 Å². The second-order valence-corrected chi connectivity index (χ2v) is 4.01. The molecule has 3 nitrogen and oxygen atoms in total. The number of benzene rings is 1. The molecule has 4 heteroatoms. The Balaban J connectivity index is 2.22. The van der Waals surface area contributed by atoms with Crippen LogP contribution in [0.5, 0.6) is 11.6 Å². The Morgan fingerprint density at radius 2 is 2.11 bits per heavy atom. The van der Waals surface area contributed by atoms with E-state index in [0.29, 0.717) is 18.2 Å². The molecule has 0 atom stereocenters. The van der Waals surface area contributed by atoms with Gasteiger partial charge in [0.05, 0.1) is 5.69 Å². The van der Waals surface area contributed by atoms with Crippen LogP contribution in [-0.2, 0) is 6.54 Å². The molecule has 1 aromatic carbocycles. The van der Waals surface area contributed by atoms with Gasteiger partial charge in [0, 0.05) is 18.7 Å². The number of halogens is 1. The van der Waals surface area contributed by atoms with Gasteiger partial charge in [-0.05, 0) is 31.7 Å². The zero-order valence-corrected chi connectivity index (χ0v) is 10.4. The zero-order chi connectivity index (χ0) is 13.0. The largest absolute Gasteiger partial charge is 0.439 e. The summed E-state index contributed by atoms with van der Waals surface area (Å²) in [5.74, 6) is 0.641. The van der Waals surface area contributed by atoms with E-state index in [1.165, 1.54) is 12.1 Å². The lowest BCUT2D eigenvalue weighted by molar-refractivity contribution is 0.452. The Kier molecular flexibility index (Phi) is 3.89. The molecule has 0 saturated heterocycles. The number of aryl methyl sites for hydroxylation is 1. The maximum Gasteiger partial charge on any atom is 0.219 e. The van der Waals surface area contributed by atoms with E-state index in [-0.39, 0.29) is 5.82 Å². The Bertz CT molecular complexity index is 543. The van der Waals surface area contributed by atoms with Crippen molar-refractivity contribution in [2.24, 2.45) is 0 Å². The molecular weight excluding hydrogens is 231 g/mol. The van der Waals surface area contributed by atoms with Crippen LogP contribution >= 0.6 is 0 Å². The molecule has 0 aliphatic heterocycles. The average molecular weight is 246 g/mol. The van der Waals surface area contributed by atoms with Crippen LogP contribution in [0.3, 0.4) is 0 Å². The summed E-state index contributed by atoms with van der Waals surface area (Å²) < 4.78 is 18.7. The van der Waals surface area contributed by atoms with Crippen molar-refractivity contribution in [2.75, 3.05) is 7.05 Å². The number of ether oxygens (including phenoxy) is 1. The second-order valence-electron chi connectivity index (χ2n) is 4.01. The monoisotopic (exact) mass is 246 g/mol. The maximum absolute atomic E-state index is 13.1. The van der Waals surface area contributed by atoms with E-state index in [1.807, 2.05) is 26.1 Å². The molecule has 0 bridgehead atoms. The van der Waals surface area contributed by atoms with E-state index in [9.17, 15) is 4.39 Å². The fourth-order valence-electron chi connectivity index (χ4n) is 1.59. The first-order valence-electron chi connectivity index (χ1n) is 5.73. The van der Waals surface area contributed by atoms with E-state index in [4.69, 9.17) is 4.74 Å². The van der Waals surface area contributed by atoms with Gasteiger partial charge in [0.15, 0.2) is 0 Å². The number of nitrogens with one attached hydrogen (secondary N) is 1. The van der Waals surface area contributed by atoms with Crippen LogP contribution in [0.15, 0.2) is 36.4 Å². The highest BCUT2D eigenvalue weighted by Crippen LogP contribution is 2.24. The first-order chi connectivity index (χ1) is 8.69. The SMILES string of the molecule is CNCc1cccc(Oc2cc(F)ccc2C)n1. The molecular formula is C14H15FN2O. The van der Waals surface area contributed by atoms with Crippen LogP contribution in [0.1, 0.15) is 11.3 Å². The zero-order valence-electron chi connectivity index (χ0n) is 10.4. The quantitative estimate of drug-likeness (QED) is 0.900. The second kappa shape index (κ2) is 5.60. The molecule has 0 radical (unpaired) electrons. The summed E-state index contributed by atoms with van der Waals surface area (Å²) in [4.78, 5) is 4.32. The standard InChI is InChI=1S/C14H15FN2O/c1-10-6-7-11(15)8-13(10)18-14-5-3-4-12(17-14)9-16-2/h3-8,16H,9H2,1-2H3. The van der Waals surface area contributed by atoms with E-state index in [1.54, 1.807) is 12.1 Å². The lowest BCUT2D eigenvalue weighted by atomic mass is 10.2. The summed E-state index contributed by atoms with van der Waals surface area (Å²) in [6.45, 7) is 2.53. The van der Waals surface area contributed by atoms with Crippen molar-refractivity contribution in [3.63, 3.8) is 0 Å². The van der Waals surface area contributed by atoms with E-state index in [2.05, 4.69) is 10.3 Å². The van der Waals surface area contributed by atoms with Gasteiger partial charge in [0.2, 0.25) is 5.88 Å². The summed E-state index contributed by atoms with van der Waals surface area (Å²) >= 11 is 0. The highest BCUT2D eigenvalue weighted by Gasteiger charge is 2.04. The predicted molar refractivity (Wildman–Crippen MR) is 68.2 cm³/mol. The lowest BCUT2D eigenvalue weighted by Crippen LogP contribution is -2.07. The minimum atomic E-state index is -0.318. The molecule has 0 fully saturated rings. The minimum Gasteiger partial charge on any atom is -0.439 e. The molecule has 0 amide bonds. The maximum atomic E-state index is 13.1. The van der Waals surface area contributed by atoms with Crippen molar-refractivity contribution in [2.45, 2.75) is 13.5 Å². The Hall–Kier alpha value is -1.94. The number of pyridine rings is 1. The van der Waals surface area contributed by atoms with Crippen molar-refractivity contribution < 1.29 is 9.13 Å². The van der Waals surface area contributed by atoms with Gasteiger partial charge >= 0.3 is 0 Å². The number of nitrogens with zero attached hydrogens (tertiary/aromatic N) is 1. The molecule has 1 heterocycles. The number of aromatic nitrogens is 1. The van der Waals surface area contributed by atoms with Crippen LogP contribution in [0, 0.1) is 12.7 Å². The molecule has 2 rings (SSSR count). The molecule has 0 saturated carbocycles. The Morgan fingerprint density at radius 3 is 2.89 bits per heavy atom. The summed E-state index contributed by atoms with van der Waals surface area (Å²) in [7, 11) is 1.85. The van der Waals surface area contributed by atoms with Crippen LogP contribution in [0.4, 0.5) is 4.39 Å². The molecule has 1 aromatic heterocycles. The van der Waals surface area contributed by atoms with Gasteiger partial charge < -0.3 is 10.1 Å². The van der Waals surface area contributed by atoms with Gasteiger partial charge in [-0.15, -0.1) is 0 Å². The molecule has 0 spiro atoms. The van der Waals surface area contributed by atoms with Crippen LogP contribution in [0.2, 0.25) is 0 Å². The molecule has 0 aliphatic rings. The van der Waals surface area contributed by atoms with Crippen LogP contribution in [-0.4, -0.2) is 12.0 Å². The van der Waals surface area contributed by atoms with Gasteiger partial charge in [0.1, 0.15) is 11.6 Å². The smallest absolute Gasteiger partial charge is 0.219 e.